The van der Waals surface area contributed by atoms with Crippen LogP contribution in [0.4, 0.5) is 0 Å². The van der Waals surface area contributed by atoms with Crippen molar-refractivity contribution in [3.8, 4) is 0 Å². The van der Waals surface area contributed by atoms with Crippen LogP contribution in [-0.2, 0) is 0 Å². The highest BCUT2D eigenvalue weighted by molar-refractivity contribution is 4.97. The Morgan fingerprint density at radius 2 is 1.58 bits per heavy atom. The summed E-state index contributed by atoms with van der Waals surface area (Å²) in [5.74, 6) is 0. The van der Waals surface area contributed by atoms with Gasteiger partial charge in [0.25, 0.3) is 0 Å². The van der Waals surface area contributed by atoms with Gasteiger partial charge in [-0.05, 0) is 38.0 Å². The molecule has 0 aromatic heterocycles. The van der Waals surface area contributed by atoms with Gasteiger partial charge in [-0.1, -0.05) is 26.7 Å². The summed E-state index contributed by atoms with van der Waals surface area (Å²) in [7, 11) is 0. The quantitative estimate of drug-likeness (QED) is 0.675. The van der Waals surface area contributed by atoms with Crippen LogP contribution in [0.5, 0.6) is 0 Å². The van der Waals surface area contributed by atoms with Gasteiger partial charge >= 0.3 is 0 Å². The summed E-state index contributed by atoms with van der Waals surface area (Å²) in [5, 5.41) is 10.3. The Labute approximate surface area is 76.2 Å². The second-order valence-electron chi connectivity index (χ2n) is 4.47. The third kappa shape index (κ3) is 1.39. The van der Waals surface area contributed by atoms with Gasteiger partial charge in [-0.3, -0.25) is 0 Å². The van der Waals surface area contributed by atoms with E-state index in [-0.39, 0.29) is 5.41 Å². The molecule has 1 fully saturated rings. The van der Waals surface area contributed by atoms with Crippen LogP contribution in [-0.4, -0.2) is 10.7 Å². The van der Waals surface area contributed by atoms with E-state index in [1.54, 1.807) is 0 Å². The molecule has 0 saturated heterocycles. The lowest BCUT2D eigenvalue weighted by Gasteiger charge is -2.48. The molecule has 0 aromatic rings. The predicted octanol–water partition coefficient (Wildman–Crippen LogP) is 3.12. The molecule has 1 nitrogen and oxygen atoms in total. The van der Waals surface area contributed by atoms with Crippen molar-refractivity contribution in [1.82, 2.24) is 0 Å². The van der Waals surface area contributed by atoms with Gasteiger partial charge in [-0.15, -0.1) is 0 Å². The molecule has 12 heavy (non-hydrogen) atoms. The first kappa shape index (κ1) is 10.0. The van der Waals surface area contributed by atoms with E-state index < -0.39 is 5.60 Å². The standard InChI is InChI=1S/C11H22O/c1-4-11(5-2)9-7-6-8-10(11,3)12/h12H,4-9H2,1-3H3. The van der Waals surface area contributed by atoms with Crippen molar-refractivity contribution in [2.45, 2.75) is 64.9 Å². The molecule has 0 radical (unpaired) electrons. The minimum Gasteiger partial charge on any atom is -0.390 e. The lowest BCUT2D eigenvalue weighted by Crippen LogP contribution is -2.47. The minimum absolute atomic E-state index is 0.214. The van der Waals surface area contributed by atoms with Crippen LogP contribution in [0.1, 0.15) is 59.3 Å². The third-order valence-corrected chi connectivity index (χ3v) is 4.06. The second-order valence-corrected chi connectivity index (χ2v) is 4.47. The van der Waals surface area contributed by atoms with E-state index in [0.29, 0.717) is 0 Å². The summed E-state index contributed by atoms with van der Waals surface area (Å²) in [6.45, 7) is 6.45. The molecule has 1 aliphatic rings. The van der Waals surface area contributed by atoms with Gasteiger partial charge in [0.15, 0.2) is 0 Å². The van der Waals surface area contributed by atoms with E-state index in [4.69, 9.17) is 0 Å². The van der Waals surface area contributed by atoms with Crippen molar-refractivity contribution in [2.24, 2.45) is 5.41 Å². The molecular formula is C11H22O. The molecular weight excluding hydrogens is 148 g/mol. The van der Waals surface area contributed by atoms with E-state index >= 15 is 0 Å². The lowest BCUT2D eigenvalue weighted by atomic mass is 9.61. The highest BCUT2D eigenvalue weighted by Gasteiger charge is 2.45. The number of rotatable bonds is 2. The average molecular weight is 170 g/mol. The van der Waals surface area contributed by atoms with E-state index in [2.05, 4.69) is 13.8 Å². The summed E-state index contributed by atoms with van der Waals surface area (Å²) >= 11 is 0. The summed E-state index contributed by atoms with van der Waals surface area (Å²) < 4.78 is 0. The molecule has 0 heterocycles. The zero-order chi connectivity index (χ0) is 9.24. The fourth-order valence-electron chi connectivity index (χ4n) is 2.83. The van der Waals surface area contributed by atoms with Crippen LogP contribution < -0.4 is 0 Å². The van der Waals surface area contributed by atoms with Crippen LogP contribution in [0.15, 0.2) is 0 Å². The van der Waals surface area contributed by atoms with Gasteiger partial charge < -0.3 is 5.11 Å². The molecule has 1 heteroatoms. The van der Waals surface area contributed by atoms with Crippen molar-refractivity contribution < 1.29 is 5.11 Å². The lowest BCUT2D eigenvalue weighted by molar-refractivity contribution is -0.106. The van der Waals surface area contributed by atoms with Crippen molar-refractivity contribution in [3.05, 3.63) is 0 Å². The van der Waals surface area contributed by atoms with Crippen LogP contribution >= 0.6 is 0 Å². The zero-order valence-electron chi connectivity index (χ0n) is 8.69. The first-order valence-electron chi connectivity index (χ1n) is 5.30. The van der Waals surface area contributed by atoms with E-state index in [9.17, 15) is 5.11 Å². The molecule has 0 spiro atoms. The first-order valence-corrected chi connectivity index (χ1v) is 5.30. The highest BCUT2D eigenvalue weighted by atomic mass is 16.3. The van der Waals surface area contributed by atoms with Gasteiger partial charge in [-0.25, -0.2) is 0 Å². The largest absolute Gasteiger partial charge is 0.390 e. The topological polar surface area (TPSA) is 20.2 Å². The highest BCUT2D eigenvalue weighted by Crippen LogP contribution is 2.48. The monoisotopic (exact) mass is 170 g/mol. The summed E-state index contributed by atoms with van der Waals surface area (Å²) in [4.78, 5) is 0. The van der Waals surface area contributed by atoms with Gasteiger partial charge in [0.05, 0.1) is 5.60 Å². The first-order chi connectivity index (χ1) is 5.58. The number of aliphatic hydroxyl groups is 1. The molecule has 1 atom stereocenters. The maximum Gasteiger partial charge on any atom is 0.0675 e. The summed E-state index contributed by atoms with van der Waals surface area (Å²) in [6.07, 6.45) is 6.96. The van der Waals surface area contributed by atoms with E-state index in [1.807, 2.05) is 6.92 Å². The van der Waals surface area contributed by atoms with Gasteiger partial charge in [0.2, 0.25) is 0 Å². The minimum atomic E-state index is -0.408. The molecule has 72 valence electrons. The van der Waals surface area contributed by atoms with Crippen molar-refractivity contribution in [1.29, 1.82) is 0 Å². The Kier molecular flexibility index (Phi) is 2.82. The van der Waals surface area contributed by atoms with E-state index in [0.717, 1.165) is 19.3 Å². The molecule has 1 N–H and O–H groups in total. The fraction of sp³-hybridized carbons (Fsp3) is 1.00. The van der Waals surface area contributed by atoms with Gasteiger partial charge in [-0.2, -0.15) is 0 Å². The molecule has 0 bridgehead atoms. The van der Waals surface area contributed by atoms with E-state index in [1.165, 1.54) is 19.3 Å². The smallest absolute Gasteiger partial charge is 0.0675 e. The van der Waals surface area contributed by atoms with Crippen LogP contribution in [0.2, 0.25) is 0 Å². The summed E-state index contributed by atoms with van der Waals surface area (Å²) in [5.41, 5.74) is -0.194. The third-order valence-electron chi connectivity index (χ3n) is 4.06. The maximum atomic E-state index is 10.3. The normalized spacial score (nSPS) is 35.0. The van der Waals surface area contributed by atoms with Crippen LogP contribution in [0.3, 0.4) is 0 Å². The van der Waals surface area contributed by atoms with Crippen LogP contribution in [0.25, 0.3) is 0 Å². The molecule has 1 aliphatic carbocycles. The Bertz CT molecular complexity index is 145. The molecule has 0 aliphatic heterocycles. The number of hydrogen-bond acceptors (Lipinski definition) is 1. The molecule has 1 saturated carbocycles. The Morgan fingerprint density at radius 1 is 1.08 bits per heavy atom. The maximum absolute atomic E-state index is 10.3. The average Bonchev–Trinajstić information content (AvgIpc) is 2.05. The van der Waals surface area contributed by atoms with Gasteiger partial charge in [0.1, 0.15) is 0 Å². The predicted molar refractivity (Wildman–Crippen MR) is 52.1 cm³/mol. The van der Waals surface area contributed by atoms with Crippen molar-refractivity contribution in [2.75, 3.05) is 0 Å². The molecule has 0 amide bonds. The molecule has 1 unspecified atom stereocenters. The SMILES string of the molecule is CCC1(CC)CCCCC1(C)O. The van der Waals surface area contributed by atoms with Crippen LogP contribution in [0, 0.1) is 5.41 Å². The van der Waals surface area contributed by atoms with Crippen molar-refractivity contribution >= 4 is 0 Å². The molecule has 0 aromatic carbocycles. The Hall–Kier alpha value is -0.0400. The second kappa shape index (κ2) is 3.37. The Morgan fingerprint density at radius 3 is 1.92 bits per heavy atom. The number of hydrogen-bond donors (Lipinski definition) is 1. The fourth-order valence-corrected chi connectivity index (χ4v) is 2.83. The summed E-state index contributed by atoms with van der Waals surface area (Å²) in [6, 6.07) is 0. The van der Waals surface area contributed by atoms with Crippen molar-refractivity contribution in [3.63, 3.8) is 0 Å². The zero-order valence-corrected chi connectivity index (χ0v) is 8.69. The Balaban J connectivity index is 2.81. The molecule has 1 rings (SSSR count). The van der Waals surface area contributed by atoms with Gasteiger partial charge in [0, 0.05) is 0 Å².